The summed E-state index contributed by atoms with van der Waals surface area (Å²) < 4.78 is 34.5. The quantitative estimate of drug-likeness (QED) is 0.0199. The fourth-order valence-electron chi connectivity index (χ4n) is 15.1. The molecule has 3 saturated heterocycles. The summed E-state index contributed by atoms with van der Waals surface area (Å²) in [6.07, 6.45) is 52.2. The van der Waals surface area contributed by atoms with Crippen LogP contribution in [0.2, 0.25) is 0 Å². The molecule has 0 radical (unpaired) electrons. The molecule has 0 aromatic rings. The molecule has 0 aliphatic carbocycles. The largest absolute Gasteiger partial charge is 0.394 e. The number of hydrogen-bond acceptors (Lipinski definition) is 18. The summed E-state index contributed by atoms with van der Waals surface area (Å²) >= 11 is 0. The van der Waals surface area contributed by atoms with Gasteiger partial charge in [0.2, 0.25) is 5.91 Å². The van der Waals surface area contributed by atoms with Gasteiger partial charge in [-0.15, -0.1) is 0 Å². The summed E-state index contributed by atoms with van der Waals surface area (Å²) in [5, 5.41) is 121. The summed E-state index contributed by atoms with van der Waals surface area (Å²) in [5.74, 6) is -0.265. The van der Waals surface area contributed by atoms with Gasteiger partial charge < -0.3 is 89.9 Å². The second kappa shape index (κ2) is 65.3. The minimum atomic E-state index is -1.98. The van der Waals surface area contributed by atoms with Crippen molar-refractivity contribution in [2.24, 2.45) is 0 Å². The maximum absolute atomic E-state index is 13.5. The normalized spacial score (nSPS) is 26.0. The van der Waals surface area contributed by atoms with Gasteiger partial charge in [-0.1, -0.05) is 373 Å². The standard InChI is InChI=1S/C84H161NO18/c1-3-5-7-9-11-13-15-17-19-21-23-25-27-28-29-30-31-32-33-34-35-36-37-38-40-42-44-46-48-50-52-54-56-58-60-62-72(90)85-67(68(89)61-59-57-55-53-51-49-47-45-43-41-39-26-24-22-20-18-16-14-12-10-8-6-4-2)66-98-82-78(96)75(93)80(70(64-87)100-82)103-84-79(97)76(94)81(71(65-88)101-84)102-83-77(95)74(92)73(91)69(63-86)99-83/h59,61,67-71,73-84,86-89,91-97H,3-58,60,62-66H2,1-2H3,(H,85,90)/b61-59+. The number of allylic oxidation sites excluding steroid dienone is 1. The number of aliphatic hydroxyl groups excluding tert-OH is 11. The number of nitrogens with one attached hydrogen (secondary N) is 1. The number of amides is 1. The number of carbonyl (C=O) groups excluding carboxylic acids is 1. The van der Waals surface area contributed by atoms with Gasteiger partial charge in [0, 0.05) is 6.42 Å². The Hall–Kier alpha value is -1.47. The van der Waals surface area contributed by atoms with Crippen LogP contribution < -0.4 is 5.32 Å². The molecule has 17 unspecified atom stereocenters. The third kappa shape index (κ3) is 44.8. The van der Waals surface area contributed by atoms with Gasteiger partial charge in [-0.3, -0.25) is 4.79 Å². The zero-order chi connectivity index (χ0) is 74.6. The topological polar surface area (TPSA) is 307 Å². The van der Waals surface area contributed by atoms with Crippen molar-refractivity contribution in [3.05, 3.63) is 12.2 Å². The van der Waals surface area contributed by atoms with Crippen molar-refractivity contribution in [3.63, 3.8) is 0 Å². The Balaban J connectivity index is 1.32. The first kappa shape index (κ1) is 95.7. The van der Waals surface area contributed by atoms with E-state index in [9.17, 15) is 61.0 Å². The first-order valence-electron chi connectivity index (χ1n) is 43.4. The molecule has 103 heavy (non-hydrogen) atoms. The van der Waals surface area contributed by atoms with E-state index >= 15 is 0 Å². The average Bonchev–Trinajstić information content (AvgIpc) is 0.780. The van der Waals surface area contributed by atoms with Crippen molar-refractivity contribution in [1.29, 1.82) is 0 Å². The third-order valence-corrected chi connectivity index (χ3v) is 22.1. The number of unbranched alkanes of at least 4 members (excludes halogenated alkanes) is 55. The van der Waals surface area contributed by atoms with E-state index in [1.54, 1.807) is 6.08 Å². The highest BCUT2D eigenvalue weighted by Gasteiger charge is 2.54. The van der Waals surface area contributed by atoms with Crippen LogP contribution >= 0.6 is 0 Å². The van der Waals surface area contributed by atoms with Crippen LogP contribution in [0.4, 0.5) is 0 Å². The summed E-state index contributed by atoms with van der Waals surface area (Å²) in [5.41, 5.74) is 0. The molecular weight excluding hydrogens is 1310 g/mol. The molecule has 0 saturated carbocycles. The lowest BCUT2D eigenvalue weighted by Gasteiger charge is -2.48. The van der Waals surface area contributed by atoms with Gasteiger partial charge in [-0.05, 0) is 19.3 Å². The number of carbonyl (C=O) groups is 1. The summed E-state index contributed by atoms with van der Waals surface area (Å²) in [4.78, 5) is 13.5. The molecule has 0 spiro atoms. The van der Waals surface area contributed by atoms with Crippen LogP contribution in [0.25, 0.3) is 0 Å². The van der Waals surface area contributed by atoms with Crippen molar-refractivity contribution in [1.82, 2.24) is 5.32 Å². The van der Waals surface area contributed by atoms with Gasteiger partial charge in [-0.25, -0.2) is 0 Å². The van der Waals surface area contributed by atoms with Crippen molar-refractivity contribution in [2.75, 3.05) is 26.4 Å². The smallest absolute Gasteiger partial charge is 0.220 e. The van der Waals surface area contributed by atoms with Crippen molar-refractivity contribution >= 4 is 5.91 Å². The molecule has 3 heterocycles. The molecule has 3 aliphatic heterocycles. The Morgan fingerprint density at radius 3 is 0.913 bits per heavy atom. The first-order chi connectivity index (χ1) is 50.3. The second-order valence-electron chi connectivity index (χ2n) is 31.4. The van der Waals surface area contributed by atoms with Crippen LogP contribution in [-0.2, 0) is 33.2 Å². The van der Waals surface area contributed by atoms with Gasteiger partial charge in [-0.2, -0.15) is 0 Å². The molecule has 19 heteroatoms. The van der Waals surface area contributed by atoms with E-state index in [1.807, 2.05) is 6.08 Å². The highest BCUT2D eigenvalue weighted by Crippen LogP contribution is 2.34. The van der Waals surface area contributed by atoms with E-state index in [0.717, 1.165) is 44.9 Å². The number of aliphatic hydroxyl groups is 11. The molecule has 610 valence electrons. The minimum Gasteiger partial charge on any atom is -0.394 e. The Labute approximate surface area is 626 Å². The van der Waals surface area contributed by atoms with E-state index in [0.29, 0.717) is 6.42 Å². The molecule has 1 amide bonds. The SMILES string of the molecule is CCCCCCCCCCCCCCCCCCCCCCC/C=C/C(O)C(COC1OC(CO)C(OC2OC(CO)C(OC3OC(CO)C(O)C(O)C3O)C(O)C2O)C(O)C1O)NC(=O)CCCCCCCCCCCCCCCCCCCCCCCCCCCCCCCCCCCCC. The van der Waals surface area contributed by atoms with E-state index < -0.39 is 124 Å². The fraction of sp³-hybridized carbons (Fsp3) is 0.964. The van der Waals surface area contributed by atoms with Crippen LogP contribution in [0, 0.1) is 0 Å². The third-order valence-electron chi connectivity index (χ3n) is 22.1. The van der Waals surface area contributed by atoms with E-state index in [-0.39, 0.29) is 18.9 Å². The first-order valence-corrected chi connectivity index (χ1v) is 43.4. The maximum Gasteiger partial charge on any atom is 0.220 e. The highest BCUT2D eigenvalue weighted by molar-refractivity contribution is 5.76. The van der Waals surface area contributed by atoms with Gasteiger partial charge in [0.1, 0.15) is 73.2 Å². The monoisotopic (exact) mass is 1470 g/mol. The van der Waals surface area contributed by atoms with E-state index in [1.165, 1.54) is 315 Å². The molecule has 0 bridgehead atoms. The molecule has 3 fully saturated rings. The Morgan fingerprint density at radius 1 is 0.340 bits per heavy atom. The minimum absolute atomic E-state index is 0.250. The molecule has 0 aromatic heterocycles. The average molecular weight is 1470 g/mol. The Morgan fingerprint density at radius 2 is 0.602 bits per heavy atom. The predicted molar refractivity (Wildman–Crippen MR) is 411 cm³/mol. The van der Waals surface area contributed by atoms with Crippen molar-refractivity contribution in [3.8, 4) is 0 Å². The predicted octanol–water partition coefficient (Wildman–Crippen LogP) is 15.5. The lowest BCUT2D eigenvalue weighted by molar-refractivity contribution is -0.379. The molecule has 3 rings (SSSR count). The Bertz CT molecular complexity index is 1910. The van der Waals surface area contributed by atoms with Crippen molar-refractivity contribution in [2.45, 2.75) is 491 Å². The molecule has 19 nitrogen and oxygen atoms in total. The van der Waals surface area contributed by atoms with Gasteiger partial charge in [0.05, 0.1) is 38.6 Å². The van der Waals surface area contributed by atoms with Gasteiger partial charge in [0.25, 0.3) is 0 Å². The van der Waals surface area contributed by atoms with Gasteiger partial charge >= 0.3 is 0 Å². The summed E-state index contributed by atoms with van der Waals surface area (Å²) in [7, 11) is 0. The zero-order valence-electron chi connectivity index (χ0n) is 65.6. The van der Waals surface area contributed by atoms with Crippen LogP contribution in [-0.4, -0.2) is 193 Å². The Kier molecular flexibility index (Phi) is 60.7. The van der Waals surface area contributed by atoms with Crippen molar-refractivity contribution < 1.29 is 89.4 Å². The lowest BCUT2D eigenvalue weighted by atomic mass is 9.96. The lowest BCUT2D eigenvalue weighted by Crippen LogP contribution is -2.66. The molecule has 3 aliphatic rings. The summed E-state index contributed by atoms with van der Waals surface area (Å²) in [6, 6.07) is -0.971. The number of rotatable bonds is 71. The molecular formula is C84H161NO18. The zero-order valence-corrected chi connectivity index (χ0v) is 65.6. The van der Waals surface area contributed by atoms with Crippen LogP contribution in [0.15, 0.2) is 12.2 Å². The number of hydrogen-bond donors (Lipinski definition) is 12. The van der Waals surface area contributed by atoms with E-state index in [4.69, 9.17) is 28.4 Å². The molecule has 17 atom stereocenters. The number of ether oxygens (including phenoxy) is 6. The highest BCUT2D eigenvalue weighted by atomic mass is 16.8. The fourth-order valence-corrected chi connectivity index (χ4v) is 15.1. The molecule has 12 N–H and O–H groups in total. The van der Waals surface area contributed by atoms with E-state index in [2.05, 4.69) is 19.2 Å². The second-order valence-corrected chi connectivity index (χ2v) is 31.4. The van der Waals surface area contributed by atoms with Crippen LogP contribution in [0.3, 0.4) is 0 Å². The molecule has 0 aromatic carbocycles. The summed E-state index contributed by atoms with van der Waals surface area (Å²) in [6.45, 7) is 1.81. The maximum atomic E-state index is 13.5. The van der Waals surface area contributed by atoms with Gasteiger partial charge in [0.15, 0.2) is 18.9 Å². The van der Waals surface area contributed by atoms with Crippen LogP contribution in [0.1, 0.15) is 386 Å². The van der Waals surface area contributed by atoms with Crippen LogP contribution in [0.5, 0.6) is 0 Å².